The van der Waals surface area contributed by atoms with E-state index in [0.29, 0.717) is 23.5 Å². The number of rotatable bonds is 5. The molecule has 0 amide bonds. The Morgan fingerprint density at radius 2 is 1.69 bits per heavy atom. The average molecular weight is 361 g/mol. The van der Waals surface area contributed by atoms with Crippen LogP contribution < -0.4 is 10.9 Å². The lowest BCUT2D eigenvalue weighted by Gasteiger charge is -2.08. The average Bonchev–Trinajstić information content (AvgIpc) is 2.63. The number of alkyl halides is 3. The fourth-order valence-corrected chi connectivity index (χ4v) is 2.24. The van der Waals surface area contributed by atoms with E-state index in [1.807, 2.05) is 0 Å². The van der Waals surface area contributed by atoms with Crippen LogP contribution in [0.2, 0.25) is 0 Å². The molecule has 6 nitrogen and oxygen atoms in total. The summed E-state index contributed by atoms with van der Waals surface area (Å²) in [4.78, 5) is 26.8. The fourth-order valence-electron chi connectivity index (χ4n) is 2.24. The van der Waals surface area contributed by atoms with Gasteiger partial charge in [0, 0.05) is 37.2 Å². The van der Waals surface area contributed by atoms with E-state index in [1.165, 1.54) is 18.3 Å². The predicted octanol–water partition coefficient (Wildman–Crippen LogP) is 2.54. The van der Waals surface area contributed by atoms with Crippen LogP contribution in [0.1, 0.15) is 16.7 Å². The molecule has 0 bridgehead atoms. The van der Waals surface area contributed by atoms with Gasteiger partial charge in [0.25, 0.3) is 5.56 Å². The molecule has 0 saturated carbocycles. The first-order chi connectivity index (χ1) is 12.4. The second kappa shape index (κ2) is 7.44. The molecular weight excluding hydrogens is 347 g/mol. The minimum absolute atomic E-state index is 0.222. The van der Waals surface area contributed by atoms with E-state index < -0.39 is 11.7 Å². The molecule has 0 aliphatic heterocycles. The lowest BCUT2D eigenvalue weighted by Crippen LogP contribution is -2.22. The molecule has 0 atom stereocenters. The van der Waals surface area contributed by atoms with Crippen molar-refractivity contribution in [1.29, 1.82) is 0 Å². The van der Waals surface area contributed by atoms with Crippen molar-refractivity contribution in [2.75, 3.05) is 0 Å². The minimum atomic E-state index is -4.35. The quantitative estimate of drug-likeness (QED) is 0.730. The highest BCUT2D eigenvalue weighted by Crippen LogP contribution is 2.29. The van der Waals surface area contributed by atoms with Crippen LogP contribution >= 0.6 is 0 Å². The molecule has 0 unspecified atom stereocenters. The first-order valence-corrected chi connectivity index (χ1v) is 7.66. The standard InChI is InChI=1S/C17H14F3N5O/c18-17(19,20)13-4-2-11(3-5-13)8-21-9-12-10-24-15(25-16(12)26)14-22-6-1-7-23-14/h1-7,10,21H,8-9H2,(H,24,25,26). The molecule has 134 valence electrons. The summed E-state index contributed by atoms with van der Waals surface area (Å²) >= 11 is 0. The van der Waals surface area contributed by atoms with Crippen molar-refractivity contribution in [1.82, 2.24) is 25.3 Å². The number of aromatic nitrogens is 4. The van der Waals surface area contributed by atoms with E-state index in [0.717, 1.165) is 12.1 Å². The molecule has 3 rings (SSSR count). The lowest BCUT2D eigenvalue weighted by molar-refractivity contribution is -0.137. The van der Waals surface area contributed by atoms with E-state index in [2.05, 4.69) is 25.3 Å². The Kier molecular flexibility index (Phi) is 5.08. The number of hydrogen-bond donors (Lipinski definition) is 2. The zero-order valence-electron chi connectivity index (χ0n) is 13.4. The molecule has 2 aromatic heterocycles. The molecule has 0 spiro atoms. The highest BCUT2D eigenvalue weighted by Gasteiger charge is 2.29. The zero-order valence-corrected chi connectivity index (χ0v) is 13.4. The van der Waals surface area contributed by atoms with E-state index >= 15 is 0 Å². The van der Waals surface area contributed by atoms with Gasteiger partial charge in [-0.05, 0) is 23.8 Å². The van der Waals surface area contributed by atoms with Crippen LogP contribution in [0.4, 0.5) is 13.2 Å². The van der Waals surface area contributed by atoms with Crippen molar-refractivity contribution in [3.63, 3.8) is 0 Å². The zero-order chi connectivity index (χ0) is 18.6. The third-order valence-corrected chi connectivity index (χ3v) is 3.58. The predicted molar refractivity (Wildman–Crippen MR) is 87.9 cm³/mol. The highest BCUT2D eigenvalue weighted by molar-refractivity contribution is 5.41. The Bertz CT molecular complexity index is 924. The van der Waals surface area contributed by atoms with Crippen LogP contribution in [0.15, 0.2) is 53.7 Å². The number of H-pyrrole nitrogens is 1. The highest BCUT2D eigenvalue weighted by atomic mass is 19.4. The van der Waals surface area contributed by atoms with E-state index in [-0.39, 0.29) is 17.9 Å². The van der Waals surface area contributed by atoms with Crippen LogP contribution in [-0.2, 0) is 19.3 Å². The SMILES string of the molecule is O=c1[nH]c(-c2ncccn2)ncc1CNCc1ccc(C(F)(F)F)cc1. The maximum atomic E-state index is 12.5. The third-order valence-electron chi connectivity index (χ3n) is 3.58. The Balaban J connectivity index is 1.61. The molecule has 0 radical (unpaired) electrons. The summed E-state index contributed by atoms with van der Waals surface area (Å²) in [5.41, 5.74) is 0.0521. The van der Waals surface area contributed by atoms with Crippen molar-refractivity contribution in [2.24, 2.45) is 0 Å². The Labute approximate surface area is 146 Å². The van der Waals surface area contributed by atoms with Gasteiger partial charge in [0.1, 0.15) is 0 Å². The maximum Gasteiger partial charge on any atom is 0.416 e. The Hall–Kier alpha value is -3.07. The van der Waals surface area contributed by atoms with Crippen molar-refractivity contribution in [3.05, 3.63) is 76.0 Å². The second-order valence-electron chi connectivity index (χ2n) is 5.46. The summed E-state index contributed by atoms with van der Waals surface area (Å²) in [6.07, 6.45) is 0.156. The first-order valence-electron chi connectivity index (χ1n) is 7.66. The normalized spacial score (nSPS) is 11.5. The number of halogens is 3. The van der Waals surface area contributed by atoms with Gasteiger partial charge >= 0.3 is 6.18 Å². The van der Waals surface area contributed by atoms with Gasteiger partial charge < -0.3 is 10.3 Å². The Morgan fingerprint density at radius 1 is 1.00 bits per heavy atom. The third kappa shape index (κ3) is 4.31. The van der Waals surface area contributed by atoms with Crippen molar-refractivity contribution >= 4 is 0 Å². The fraction of sp³-hybridized carbons (Fsp3) is 0.176. The van der Waals surface area contributed by atoms with Crippen LogP contribution in [0.25, 0.3) is 11.6 Å². The summed E-state index contributed by atoms with van der Waals surface area (Å²) in [6, 6.07) is 6.50. The van der Waals surface area contributed by atoms with E-state index in [4.69, 9.17) is 0 Å². The van der Waals surface area contributed by atoms with Gasteiger partial charge in [-0.2, -0.15) is 13.2 Å². The smallest absolute Gasteiger partial charge is 0.308 e. The molecule has 0 aliphatic carbocycles. The van der Waals surface area contributed by atoms with Crippen molar-refractivity contribution in [3.8, 4) is 11.6 Å². The Morgan fingerprint density at radius 3 is 2.31 bits per heavy atom. The number of benzene rings is 1. The minimum Gasteiger partial charge on any atom is -0.308 e. The molecule has 3 aromatic rings. The van der Waals surface area contributed by atoms with Crippen LogP contribution in [-0.4, -0.2) is 19.9 Å². The molecule has 9 heteroatoms. The molecule has 2 N–H and O–H groups in total. The number of nitrogens with one attached hydrogen (secondary N) is 2. The van der Waals surface area contributed by atoms with Crippen molar-refractivity contribution in [2.45, 2.75) is 19.3 Å². The van der Waals surface area contributed by atoms with Crippen LogP contribution in [0, 0.1) is 0 Å². The van der Waals surface area contributed by atoms with Gasteiger partial charge in [-0.25, -0.2) is 15.0 Å². The van der Waals surface area contributed by atoms with E-state index in [1.54, 1.807) is 18.5 Å². The summed E-state index contributed by atoms with van der Waals surface area (Å²) in [5.74, 6) is 0.580. The van der Waals surface area contributed by atoms with Gasteiger partial charge in [0.15, 0.2) is 11.6 Å². The largest absolute Gasteiger partial charge is 0.416 e. The molecule has 1 aromatic carbocycles. The monoisotopic (exact) mass is 361 g/mol. The second-order valence-corrected chi connectivity index (χ2v) is 5.46. The first kappa shape index (κ1) is 17.7. The number of hydrogen-bond acceptors (Lipinski definition) is 5. The molecular formula is C17H14F3N5O. The molecule has 2 heterocycles. The molecule has 0 aliphatic rings. The molecule has 0 saturated heterocycles. The summed E-state index contributed by atoms with van der Waals surface area (Å²) < 4.78 is 37.6. The molecule has 26 heavy (non-hydrogen) atoms. The maximum absolute atomic E-state index is 12.5. The summed E-state index contributed by atoms with van der Waals surface area (Å²) in [5, 5.41) is 3.00. The van der Waals surface area contributed by atoms with Crippen LogP contribution in [0.3, 0.4) is 0 Å². The summed E-state index contributed by atoms with van der Waals surface area (Å²) in [7, 11) is 0. The van der Waals surface area contributed by atoms with Gasteiger partial charge in [-0.3, -0.25) is 4.79 Å². The van der Waals surface area contributed by atoms with Gasteiger partial charge in [0.2, 0.25) is 0 Å². The number of nitrogens with zero attached hydrogens (tertiary/aromatic N) is 3. The van der Waals surface area contributed by atoms with Crippen molar-refractivity contribution < 1.29 is 13.2 Å². The molecule has 0 fully saturated rings. The van der Waals surface area contributed by atoms with E-state index in [9.17, 15) is 18.0 Å². The lowest BCUT2D eigenvalue weighted by atomic mass is 10.1. The van der Waals surface area contributed by atoms with Crippen LogP contribution in [0.5, 0.6) is 0 Å². The van der Waals surface area contributed by atoms with Gasteiger partial charge in [-0.15, -0.1) is 0 Å². The van der Waals surface area contributed by atoms with Gasteiger partial charge in [0.05, 0.1) is 5.56 Å². The summed E-state index contributed by atoms with van der Waals surface area (Å²) in [6.45, 7) is 0.542. The topological polar surface area (TPSA) is 83.6 Å². The number of aromatic amines is 1. The van der Waals surface area contributed by atoms with Gasteiger partial charge in [-0.1, -0.05) is 12.1 Å².